The number of benzene rings is 4. The molecule has 55 heavy (non-hydrogen) atoms. The first-order chi connectivity index (χ1) is 26.6. The maximum absolute atomic E-state index is 7.42. The summed E-state index contributed by atoms with van der Waals surface area (Å²) in [5.41, 5.74) is 13.0. The zero-order valence-electron chi connectivity index (χ0n) is 33.3. The van der Waals surface area contributed by atoms with E-state index in [1.807, 2.05) is 6.20 Å². The maximum atomic E-state index is 7.42. The van der Waals surface area contributed by atoms with Gasteiger partial charge in [-0.2, -0.15) is 0 Å². The molecule has 3 unspecified atom stereocenters. The molecule has 0 spiro atoms. The molecular weight excluding hydrogens is 712 g/mol. The lowest BCUT2D eigenvalue weighted by Gasteiger charge is -2.43. The molecule has 5 aromatic rings. The molecule has 0 amide bonds. The third-order valence-electron chi connectivity index (χ3n) is 13.6. The molecule has 8 rings (SSSR count). The van der Waals surface area contributed by atoms with E-state index in [0.29, 0.717) is 6.10 Å². The lowest BCUT2D eigenvalue weighted by Crippen LogP contribution is -2.66. The second-order valence-electron chi connectivity index (χ2n) is 17.5. The van der Waals surface area contributed by atoms with E-state index in [2.05, 4.69) is 150 Å². The second kappa shape index (κ2) is 14.6. The van der Waals surface area contributed by atoms with E-state index in [-0.39, 0.29) is 27.3 Å². The summed E-state index contributed by atoms with van der Waals surface area (Å²) in [6.45, 7) is 12.4. The van der Waals surface area contributed by atoms with Crippen LogP contribution in [0, 0.1) is 0 Å². The summed E-state index contributed by atoms with van der Waals surface area (Å²) in [5, 5.41) is 3.43. The fourth-order valence-electron chi connectivity index (χ4n) is 10.5. The minimum absolute atomic E-state index is 0.0399. The molecule has 286 valence electrons. The standard InChI is InChI=1S/C49H57ClN2O2Si/c1-6-48(45(51)49(48,7-2)42-34-52-31-27-39(42)40-21-14-15-22-44(40)54-36-24-25-36)41-33-35(23-26-43(41)50)47(29-30-47)28-16-32-53-55(46(3,4)5,37-17-10-8-11-18-37)38-19-12-9-13-20-38/h8-15,17-23,26-27,31,33-34,36,45H,6-7,16,24-25,28-30,32,51H2,1-5H3. The summed E-state index contributed by atoms with van der Waals surface area (Å²) >= 11 is 7.28. The molecule has 4 aromatic carbocycles. The lowest BCUT2D eigenvalue weighted by atomic mass is 9.75. The normalized spacial score (nSPS) is 23.0. The molecular formula is C49H57ClN2O2Si. The Hall–Kier alpha value is -3.74. The van der Waals surface area contributed by atoms with Crippen molar-refractivity contribution in [1.82, 2.24) is 4.98 Å². The van der Waals surface area contributed by atoms with Gasteiger partial charge in [-0.1, -0.05) is 137 Å². The van der Waals surface area contributed by atoms with Gasteiger partial charge < -0.3 is 14.9 Å². The molecule has 3 aliphatic carbocycles. The molecule has 1 heterocycles. The van der Waals surface area contributed by atoms with Gasteiger partial charge in [0.2, 0.25) is 0 Å². The summed E-state index contributed by atoms with van der Waals surface area (Å²) in [6.07, 6.45) is 12.7. The van der Waals surface area contributed by atoms with Crippen LogP contribution < -0.4 is 20.8 Å². The molecule has 3 atom stereocenters. The largest absolute Gasteiger partial charge is 0.490 e. The minimum atomic E-state index is -2.59. The van der Waals surface area contributed by atoms with Crippen molar-refractivity contribution in [1.29, 1.82) is 0 Å². The first-order valence-corrected chi connectivity index (χ1v) is 22.9. The van der Waals surface area contributed by atoms with E-state index in [9.17, 15) is 0 Å². The number of hydrogen-bond donors (Lipinski definition) is 1. The third-order valence-corrected chi connectivity index (χ3v) is 19.0. The number of nitrogens with zero attached hydrogens (tertiary/aromatic N) is 1. The molecule has 0 radical (unpaired) electrons. The van der Waals surface area contributed by atoms with Crippen LogP contribution in [0.5, 0.6) is 5.75 Å². The smallest absolute Gasteiger partial charge is 0.261 e. The summed E-state index contributed by atoms with van der Waals surface area (Å²) in [4.78, 5) is 4.72. The molecule has 1 aromatic heterocycles. The Morgan fingerprint density at radius 1 is 0.782 bits per heavy atom. The lowest BCUT2D eigenvalue weighted by molar-refractivity contribution is 0.282. The van der Waals surface area contributed by atoms with Crippen LogP contribution in [0.2, 0.25) is 10.1 Å². The summed E-state index contributed by atoms with van der Waals surface area (Å²) in [5.74, 6) is 0.939. The van der Waals surface area contributed by atoms with Crippen molar-refractivity contribution in [2.75, 3.05) is 6.61 Å². The van der Waals surface area contributed by atoms with E-state index in [1.165, 1.54) is 39.9 Å². The van der Waals surface area contributed by atoms with Crippen LogP contribution in [-0.4, -0.2) is 32.1 Å². The van der Waals surface area contributed by atoms with E-state index in [0.717, 1.165) is 67.0 Å². The number of para-hydroxylation sites is 1. The second-order valence-corrected chi connectivity index (χ2v) is 22.2. The Balaban J connectivity index is 1.09. The predicted molar refractivity (Wildman–Crippen MR) is 230 cm³/mol. The van der Waals surface area contributed by atoms with Crippen molar-refractivity contribution in [2.24, 2.45) is 5.73 Å². The van der Waals surface area contributed by atoms with Gasteiger partial charge in [-0.25, -0.2) is 0 Å². The minimum Gasteiger partial charge on any atom is -0.490 e. The number of aromatic nitrogens is 1. The fourth-order valence-corrected chi connectivity index (χ4v) is 15.4. The average Bonchev–Trinajstić information content (AvgIpc) is 4.15. The fraction of sp³-hybridized carbons (Fsp3) is 0.408. The highest BCUT2D eigenvalue weighted by Crippen LogP contribution is 2.70. The molecule has 0 saturated heterocycles. The van der Waals surface area contributed by atoms with Crippen molar-refractivity contribution >= 4 is 30.3 Å². The van der Waals surface area contributed by atoms with Gasteiger partial charge in [-0.3, -0.25) is 4.98 Å². The van der Waals surface area contributed by atoms with Crippen LogP contribution in [-0.2, 0) is 20.7 Å². The Morgan fingerprint density at radius 2 is 1.40 bits per heavy atom. The van der Waals surface area contributed by atoms with Crippen molar-refractivity contribution in [2.45, 2.75) is 119 Å². The Morgan fingerprint density at radius 3 is 2.00 bits per heavy atom. The van der Waals surface area contributed by atoms with Gasteiger partial charge in [0, 0.05) is 46.5 Å². The van der Waals surface area contributed by atoms with E-state index < -0.39 is 8.32 Å². The van der Waals surface area contributed by atoms with Crippen LogP contribution in [0.15, 0.2) is 122 Å². The zero-order valence-corrected chi connectivity index (χ0v) is 35.0. The van der Waals surface area contributed by atoms with E-state index in [4.69, 9.17) is 31.5 Å². The number of ether oxygens (including phenoxy) is 1. The number of nitrogens with two attached hydrogens (primary N) is 1. The van der Waals surface area contributed by atoms with Gasteiger partial charge in [-0.05, 0) is 113 Å². The number of halogens is 1. The molecule has 6 heteroatoms. The van der Waals surface area contributed by atoms with Crippen LogP contribution in [0.4, 0.5) is 0 Å². The van der Waals surface area contributed by atoms with Gasteiger partial charge >= 0.3 is 0 Å². The highest BCUT2D eigenvalue weighted by atomic mass is 35.5. The van der Waals surface area contributed by atoms with E-state index in [1.54, 1.807) is 0 Å². The van der Waals surface area contributed by atoms with Crippen molar-refractivity contribution in [3.63, 3.8) is 0 Å². The maximum Gasteiger partial charge on any atom is 0.261 e. The highest BCUT2D eigenvalue weighted by molar-refractivity contribution is 6.99. The molecule has 0 aliphatic heterocycles. The molecule has 3 saturated carbocycles. The van der Waals surface area contributed by atoms with Gasteiger partial charge in [0.25, 0.3) is 8.32 Å². The van der Waals surface area contributed by atoms with Crippen LogP contribution in [0.3, 0.4) is 0 Å². The van der Waals surface area contributed by atoms with Gasteiger partial charge in [0.15, 0.2) is 0 Å². The van der Waals surface area contributed by atoms with Crippen LogP contribution in [0.1, 0.15) is 103 Å². The quantitative estimate of drug-likeness (QED) is 0.0851. The van der Waals surface area contributed by atoms with Gasteiger partial charge in [-0.15, -0.1) is 0 Å². The Labute approximate surface area is 335 Å². The number of hydrogen-bond acceptors (Lipinski definition) is 4. The van der Waals surface area contributed by atoms with Crippen LogP contribution in [0.25, 0.3) is 11.1 Å². The van der Waals surface area contributed by atoms with Crippen molar-refractivity contribution in [3.8, 4) is 16.9 Å². The third kappa shape index (κ3) is 6.30. The highest BCUT2D eigenvalue weighted by Gasteiger charge is 2.75. The van der Waals surface area contributed by atoms with Gasteiger partial charge in [0.1, 0.15) is 5.75 Å². The monoisotopic (exact) mass is 768 g/mol. The Kier molecular flexibility index (Phi) is 10.2. The summed E-state index contributed by atoms with van der Waals surface area (Å²) in [6, 6.07) is 39.3. The topological polar surface area (TPSA) is 57.4 Å². The first-order valence-electron chi connectivity index (χ1n) is 20.6. The number of rotatable bonds is 15. The molecule has 4 nitrogen and oxygen atoms in total. The van der Waals surface area contributed by atoms with Crippen molar-refractivity contribution in [3.05, 3.63) is 143 Å². The molecule has 3 fully saturated rings. The summed E-state index contributed by atoms with van der Waals surface area (Å²) < 4.78 is 13.8. The van der Waals surface area contributed by atoms with Gasteiger partial charge in [0.05, 0.1) is 6.10 Å². The molecule has 2 N–H and O–H groups in total. The predicted octanol–water partition coefficient (Wildman–Crippen LogP) is 10.7. The zero-order chi connectivity index (χ0) is 38.5. The number of pyridine rings is 1. The van der Waals surface area contributed by atoms with Crippen molar-refractivity contribution < 1.29 is 9.16 Å². The molecule has 0 bridgehead atoms. The molecule has 3 aliphatic rings. The van der Waals surface area contributed by atoms with Crippen LogP contribution >= 0.6 is 11.6 Å². The van der Waals surface area contributed by atoms with E-state index >= 15 is 0 Å². The summed E-state index contributed by atoms with van der Waals surface area (Å²) in [7, 11) is -2.59. The average molecular weight is 770 g/mol. The first kappa shape index (κ1) is 38.1. The Bertz CT molecular complexity index is 2090. The SMILES string of the molecule is CCC1(c2cc(C3(CCCO[Si](c4ccccc4)(c4ccccc4)C(C)(C)C)CC3)ccc2Cl)C(N)C1(CC)c1cnccc1-c1ccccc1OC1CC1.